The van der Waals surface area contributed by atoms with Gasteiger partial charge in [-0.2, -0.15) is 0 Å². The first kappa shape index (κ1) is 20.7. The van der Waals surface area contributed by atoms with Crippen LogP contribution in [0.15, 0.2) is 23.3 Å². The summed E-state index contributed by atoms with van der Waals surface area (Å²) in [5.74, 6) is 2.29. The number of fused-ring (bicyclic) bond motifs is 4. The maximum atomic E-state index is 3.64. The minimum absolute atomic E-state index is 0.357. The predicted octanol–water partition coefficient (Wildman–Crippen LogP) is 5.71. The molecule has 2 N–H and O–H groups in total. The first-order valence-corrected chi connectivity index (χ1v) is 11.9. The van der Waals surface area contributed by atoms with Gasteiger partial charge in [-0.15, -0.1) is 0 Å². The number of hydrogen-bond donors (Lipinski definition) is 2. The standard InChI is InChI=1S/C26H44N2/c1-17(27-6)20-13-15-26(5)22-10-9-21-18(8-11-23(28-7)24(21,2)3)16-19(22)12-14-25(20,26)4/h12,16-17,20-23,27-28H,8-11,13-15H2,1-7H3. The molecule has 2 saturated carbocycles. The van der Waals surface area contributed by atoms with Gasteiger partial charge in [-0.25, -0.2) is 0 Å². The van der Waals surface area contributed by atoms with Crippen LogP contribution in [0.4, 0.5) is 0 Å². The van der Waals surface area contributed by atoms with E-state index in [2.05, 4.69) is 71.5 Å². The third-order valence-corrected chi connectivity index (χ3v) is 10.5. The van der Waals surface area contributed by atoms with Gasteiger partial charge in [0.2, 0.25) is 0 Å². The van der Waals surface area contributed by atoms with E-state index in [1.54, 1.807) is 11.1 Å². The fraction of sp³-hybridized carbons (Fsp3) is 0.846. The summed E-state index contributed by atoms with van der Waals surface area (Å²) in [4.78, 5) is 0. The summed E-state index contributed by atoms with van der Waals surface area (Å²) in [5.41, 5.74) is 4.70. The van der Waals surface area contributed by atoms with Crippen LogP contribution in [0.3, 0.4) is 0 Å². The van der Waals surface area contributed by atoms with E-state index in [-0.39, 0.29) is 0 Å². The second-order valence-corrected chi connectivity index (χ2v) is 11.6. The minimum Gasteiger partial charge on any atom is -0.317 e. The van der Waals surface area contributed by atoms with Crippen LogP contribution in [0.2, 0.25) is 0 Å². The molecule has 7 unspecified atom stereocenters. The molecule has 0 aromatic heterocycles. The zero-order chi connectivity index (χ0) is 20.3. The van der Waals surface area contributed by atoms with Crippen molar-refractivity contribution in [2.45, 2.75) is 91.6 Å². The second-order valence-electron chi connectivity index (χ2n) is 11.6. The molecule has 28 heavy (non-hydrogen) atoms. The molecule has 2 fully saturated rings. The first-order chi connectivity index (χ1) is 13.2. The van der Waals surface area contributed by atoms with E-state index >= 15 is 0 Å². The van der Waals surface area contributed by atoms with Crippen molar-refractivity contribution in [2.75, 3.05) is 14.1 Å². The Balaban J connectivity index is 1.68. The zero-order valence-electron chi connectivity index (χ0n) is 19.5. The average Bonchev–Trinajstić information content (AvgIpc) is 2.80. The van der Waals surface area contributed by atoms with Gasteiger partial charge >= 0.3 is 0 Å². The van der Waals surface area contributed by atoms with Crippen LogP contribution in [0.1, 0.15) is 79.6 Å². The Labute approximate surface area is 174 Å². The zero-order valence-corrected chi connectivity index (χ0v) is 19.5. The van der Waals surface area contributed by atoms with Gasteiger partial charge < -0.3 is 10.6 Å². The molecule has 0 radical (unpaired) electrons. The fourth-order valence-electron chi connectivity index (χ4n) is 8.30. The maximum Gasteiger partial charge on any atom is 0.0124 e. The van der Waals surface area contributed by atoms with E-state index in [0.29, 0.717) is 28.3 Å². The molecule has 4 aliphatic carbocycles. The summed E-state index contributed by atoms with van der Waals surface area (Å²) in [7, 11) is 4.31. The molecule has 0 saturated heterocycles. The minimum atomic E-state index is 0.357. The van der Waals surface area contributed by atoms with Crippen LogP contribution in [-0.2, 0) is 0 Å². The van der Waals surface area contributed by atoms with E-state index in [0.717, 1.165) is 17.8 Å². The van der Waals surface area contributed by atoms with Crippen LogP contribution in [0.5, 0.6) is 0 Å². The van der Waals surface area contributed by atoms with Gasteiger partial charge in [-0.3, -0.25) is 0 Å². The normalized spacial score (nSPS) is 45.8. The highest BCUT2D eigenvalue weighted by atomic mass is 14.9. The van der Waals surface area contributed by atoms with Gasteiger partial charge in [-0.05, 0) is 106 Å². The van der Waals surface area contributed by atoms with E-state index in [1.165, 1.54) is 44.9 Å². The van der Waals surface area contributed by atoms with Crippen molar-refractivity contribution >= 4 is 0 Å². The van der Waals surface area contributed by atoms with Gasteiger partial charge in [-0.1, -0.05) is 45.4 Å². The lowest BCUT2D eigenvalue weighted by atomic mass is 9.51. The fourth-order valence-corrected chi connectivity index (χ4v) is 8.30. The van der Waals surface area contributed by atoms with E-state index in [9.17, 15) is 0 Å². The van der Waals surface area contributed by atoms with Crippen LogP contribution >= 0.6 is 0 Å². The van der Waals surface area contributed by atoms with Gasteiger partial charge in [0.25, 0.3) is 0 Å². The van der Waals surface area contributed by atoms with E-state index in [1.807, 2.05) is 0 Å². The van der Waals surface area contributed by atoms with Gasteiger partial charge in [0.1, 0.15) is 0 Å². The second kappa shape index (κ2) is 6.98. The Morgan fingerprint density at radius 1 is 0.964 bits per heavy atom. The molecule has 4 aliphatic rings. The number of nitrogens with one attached hydrogen (secondary N) is 2. The molecule has 7 atom stereocenters. The Kier molecular flexibility index (Phi) is 5.15. The van der Waals surface area contributed by atoms with Crippen LogP contribution in [0, 0.1) is 34.0 Å². The van der Waals surface area contributed by atoms with Gasteiger partial charge in [0, 0.05) is 12.1 Å². The average molecular weight is 385 g/mol. The predicted molar refractivity (Wildman–Crippen MR) is 120 cm³/mol. The van der Waals surface area contributed by atoms with Crippen molar-refractivity contribution in [1.29, 1.82) is 0 Å². The van der Waals surface area contributed by atoms with Crippen LogP contribution < -0.4 is 10.6 Å². The molecule has 0 aliphatic heterocycles. The third kappa shape index (κ3) is 2.73. The summed E-state index contributed by atoms with van der Waals surface area (Å²) in [6.45, 7) is 12.7. The van der Waals surface area contributed by atoms with Crippen molar-refractivity contribution in [1.82, 2.24) is 10.6 Å². The largest absolute Gasteiger partial charge is 0.317 e. The molecule has 2 nitrogen and oxygen atoms in total. The Morgan fingerprint density at radius 3 is 2.36 bits per heavy atom. The number of hydrogen-bond acceptors (Lipinski definition) is 2. The van der Waals surface area contributed by atoms with Gasteiger partial charge in [0.15, 0.2) is 0 Å². The van der Waals surface area contributed by atoms with Crippen LogP contribution in [-0.4, -0.2) is 26.2 Å². The maximum absolute atomic E-state index is 3.64. The summed E-state index contributed by atoms with van der Waals surface area (Å²) in [6, 6.07) is 1.26. The molecule has 0 aromatic carbocycles. The topological polar surface area (TPSA) is 24.1 Å². The molecule has 0 aromatic rings. The molecular weight excluding hydrogens is 340 g/mol. The lowest BCUT2D eigenvalue weighted by Gasteiger charge is -2.53. The van der Waals surface area contributed by atoms with Crippen molar-refractivity contribution in [3.8, 4) is 0 Å². The van der Waals surface area contributed by atoms with Crippen molar-refractivity contribution in [3.63, 3.8) is 0 Å². The Bertz CT molecular complexity index is 674. The Hall–Kier alpha value is -0.600. The van der Waals surface area contributed by atoms with Gasteiger partial charge in [0.05, 0.1) is 0 Å². The van der Waals surface area contributed by atoms with E-state index < -0.39 is 0 Å². The molecule has 0 heterocycles. The van der Waals surface area contributed by atoms with Crippen molar-refractivity contribution in [2.24, 2.45) is 34.0 Å². The summed E-state index contributed by atoms with van der Waals surface area (Å²) >= 11 is 0. The highest BCUT2D eigenvalue weighted by molar-refractivity contribution is 5.37. The molecule has 2 heteroatoms. The third-order valence-electron chi connectivity index (χ3n) is 10.5. The van der Waals surface area contributed by atoms with Crippen molar-refractivity contribution in [3.05, 3.63) is 23.3 Å². The Morgan fingerprint density at radius 2 is 1.68 bits per heavy atom. The molecule has 0 amide bonds. The highest BCUT2D eigenvalue weighted by Gasteiger charge is 2.60. The molecule has 0 bridgehead atoms. The molecule has 158 valence electrons. The molecule has 0 spiro atoms. The quantitative estimate of drug-likeness (QED) is 0.651. The molecular formula is C26H44N2. The molecule has 4 rings (SSSR count). The highest BCUT2D eigenvalue weighted by Crippen LogP contribution is 2.67. The summed E-state index contributed by atoms with van der Waals surface area (Å²) in [5, 5.41) is 7.23. The van der Waals surface area contributed by atoms with Crippen molar-refractivity contribution < 1.29 is 0 Å². The van der Waals surface area contributed by atoms with E-state index in [4.69, 9.17) is 0 Å². The smallest absolute Gasteiger partial charge is 0.0124 e. The lowest BCUT2D eigenvalue weighted by Crippen LogP contribution is -2.49. The monoisotopic (exact) mass is 384 g/mol. The summed E-state index contributed by atoms with van der Waals surface area (Å²) in [6.07, 6.45) is 14.7. The SMILES string of the molecule is CNC(C)C1CCC2(C)C3CCC4C(=CC3=CCC12C)CCC(NC)C4(C)C. The first-order valence-electron chi connectivity index (χ1n) is 11.9. The lowest BCUT2D eigenvalue weighted by molar-refractivity contribution is 0.00109. The number of rotatable bonds is 3. The number of allylic oxidation sites excluding steroid dienone is 4. The summed E-state index contributed by atoms with van der Waals surface area (Å²) < 4.78 is 0. The van der Waals surface area contributed by atoms with Crippen LogP contribution in [0.25, 0.3) is 0 Å².